The van der Waals surface area contributed by atoms with E-state index in [2.05, 4.69) is 21.6 Å². The second-order valence-electron chi connectivity index (χ2n) is 7.80. The number of amides is 2. The van der Waals surface area contributed by atoms with Gasteiger partial charge in [-0.25, -0.2) is 0 Å². The molecule has 0 saturated carbocycles. The standard InChI is InChI=1S/C25H27N3O2/c29-24(27-23-9-5-6-19(16-23)18-28-14-3-4-15-28)12-13-26-25(30)22-11-10-20-7-1-2-8-21(20)17-22/h1-2,5-11,16-17H,3-4,12-15,18H2,(H,26,30)(H,27,29). The highest BCUT2D eigenvalue weighted by Crippen LogP contribution is 2.17. The molecule has 0 radical (unpaired) electrons. The van der Waals surface area contributed by atoms with Crippen molar-refractivity contribution in [1.29, 1.82) is 0 Å². The van der Waals surface area contributed by atoms with Crippen LogP contribution in [0.3, 0.4) is 0 Å². The maximum absolute atomic E-state index is 12.4. The Hall–Kier alpha value is -3.18. The number of likely N-dealkylation sites (tertiary alicyclic amines) is 1. The van der Waals surface area contributed by atoms with E-state index in [9.17, 15) is 9.59 Å². The maximum Gasteiger partial charge on any atom is 0.251 e. The van der Waals surface area contributed by atoms with E-state index in [4.69, 9.17) is 0 Å². The average Bonchev–Trinajstić information content (AvgIpc) is 3.26. The number of hydrogen-bond donors (Lipinski definition) is 2. The number of rotatable bonds is 7. The molecule has 1 aliphatic heterocycles. The Morgan fingerprint density at radius 2 is 1.67 bits per heavy atom. The number of nitrogens with one attached hydrogen (secondary N) is 2. The van der Waals surface area contributed by atoms with Crippen molar-refractivity contribution < 1.29 is 9.59 Å². The predicted molar refractivity (Wildman–Crippen MR) is 120 cm³/mol. The van der Waals surface area contributed by atoms with Gasteiger partial charge in [0.1, 0.15) is 0 Å². The van der Waals surface area contributed by atoms with E-state index in [1.807, 2.05) is 60.7 Å². The molecule has 3 aromatic rings. The van der Waals surface area contributed by atoms with Crippen LogP contribution in [0.2, 0.25) is 0 Å². The van der Waals surface area contributed by atoms with Crippen LogP contribution in [0.5, 0.6) is 0 Å². The van der Waals surface area contributed by atoms with Gasteiger partial charge in [0, 0.05) is 30.8 Å². The number of fused-ring (bicyclic) bond motifs is 1. The first-order valence-corrected chi connectivity index (χ1v) is 10.6. The molecule has 2 N–H and O–H groups in total. The second-order valence-corrected chi connectivity index (χ2v) is 7.80. The molecule has 30 heavy (non-hydrogen) atoms. The van der Waals surface area contributed by atoms with Crippen LogP contribution in [-0.2, 0) is 11.3 Å². The minimum absolute atomic E-state index is 0.105. The molecule has 0 aliphatic carbocycles. The molecule has 5 heteroatoms. The molecule has 0 spiro atoms. The Balaban J connectivity index is 1.25. The van der Waals surface area contributed by atoms with Crippen LogP contribution in [-0.4, -0.2) is 36.3 Å². The first-order chi connectivity index (χ1) is 14.7. The summed E-state index contributed by atoms with van der Waals surface area (Å²) in [6, 6.07) is 21.5. The van der Waals surface area contributed by atoms with Crippen LogP contribution in [0.1, 0.15) is 35.2 Å². The van der Waals surface area contributed by atoms with Gasteiger partial charge in [-0.05, 0) is 66.5 Å². The number of carbonyl (C=O) groups excluding carboxylic acids is 2. The lowest BCUT2D eigenvalue weighted by molar-refractivity contribution is -0.116. The van der Waals surface area contributed by atoms with Gasteiger partial charge < -0.3 is 10.6 Å². The van der Waals surface area contributed by atoms with Gasteiger partial charge in [0.15, 0.2) is 0 Å². The summed E-state index contributed by atoms with van der Waals surface area (Å²) in [6.07, 6.45) is 2.76. The molecule has 4 rings (SSSR count). The van der Waals surface area contributed by atoms with Crippen molar-refractivity contribution in [3.05, 3.63) is 77.9 Å². The summed E-state index contributed by atoms with van der Waals surface area (Å²) < 4.78 is 0. The van der Waals surface area contributed by atoms with E-state index >= 15 is 0 Å². The lowest BCUT2D eigenvalue weighted by Crippen LogP contribution is -2.27. The third-order valence-corrected chi connectivity index (χ3v) is 5.46. The fraction of sp³-hybridized carbons (Fsp3) is 0.280. The van der Waals surface area contributed by atoms with Crippen molar-refractivity contribution in [1.82, 2.24) is 10.2 Å². The molecule has 1 aliphatic rings. The Morgan fingerprint density at radius 3 is 2.50 bits per heavy atom. The lowest BCUT2D eigenvalue weighted by atomic mass is 10.1. The first-order valence-electron chi connectivity index (χ1n) is 10.6. The van der Waals surface area contributed by atoms with E-state index in [1.54, 1.807) is 0 Å². The molecule has 5 nitrogen and oxygen atoms in total. The van der Waals surface area contributed by atoms with E-state index in [0.717, 1.165) is 36.1 Å². The summed E-state index contributed by atoms with van der Waals surface area (Å²) in [5, 5.41) is 7.89. The van der Waals surface area contributed by atoms with Crippen LogP contribution in [0.4, 0.5) is 5.69 Å². The highest BCUT2D eigenvalue weighted by atomic mass is 16.2. The van der Waals surface area contributed by atoms with Gasteiger partial charge in [-0.1, -0.05) is 42.5 Å². The molecule has 0 atom stereocenters. The van der Waals surface area contributed by atoms with Crippen LogP contribution in [0.15, 0.2) is 66.7 Å². The quantitative estimate of drug-likeness (QED) is 0.624. The zero-order chi connectivity index (χ0) is 20.8. The van der Waals surface area contributed by atoms with Gasteiger partial charge in [0.05, 0.1) is 0 Å². The first kappa shape index (κ1) is 20.1. The topological polar surface area (TPSA) is 61.4 Å². The van der Waals surface area contributed by atoms with Crippen molar-refractivity contribution in [2.45, 2.75) is 25.8 Å². The Morgan fingerprint density at radius 1 is 0.867 bits per heavy atom. The molecule has 2 amide bonds. The van der Waals surface area contributed by atoms with Crippen molar-refractivity contribution >= 4 is 28.3 Å². The predicted octanol–water partition coefficient (Wildman–Crippen LogP) is 4.19. The molecule has 1 fully saturated rings. The highest BCUT2D eigenvalue weighted by molar-refractivity contribution is 5.99. The van der Waals surface area contributed by atoms with E-state index < -0.39 is 0 Å². The van der Waals surface area contributed by atoms with E-state index in [0.29, 0.717) is 12.1 Å². The van der Waals surface area contributed by atoms with Crippen molar-refractivity contribution in [2.24, 2.45) is 0 Å². The number of hydrogen-bond acceptors (Lipinski definition) is 3. The molecule has 1 heterocycles. The van der Waals surface area contributed by atoms with Gasteiger partial charge in [-0.2, -0.15) is 0 Å². The summed E-state index contributed by atoms with van der Waals surface area (Å²) in [5.74, 6) is -0.270. The number of carbonyl (C=O) groups is 2. The Labute approximate surface area is 177 Å². The van der Waals surface area contributed by atoms with Gasteiger partial charge in [0.25, 0.3) is 5.91 Å². The van der Waals surface area contributed by atoms with E-state index in [-0.39, 0.29) is 18.2 Å². The van der Waals surface area contributed by atoms with Crippen LogP contribution < -0.4 is 10.6 Å². The molecule has 0 bridgehead atoms. The zero-order valence-electron chi connectivity index (χ0n) is 17.1. The molecular formula is C25H27N3O2. The SMILES string of the molecule is O=C(CCNC(=O)c1ccc2ccccc2c1)Nc1cccc(CN2CCCC2)c1. The van der Waals surface area contributed by atoms with Gasteiger partial charge >= 0.3 is 0 Å². The van der Waals surface area contributed by atoms with E-state index in [1.165, 1.54) is 18.4 Å². The largest absolute Gasteiger partial charge is 0.352 e. The number of nitrogens with zero attached hydrogens (tertiary/aromatic N) is 1. The lowest BCUT2D eigenvalue weighted by Gasteiger charge is -2.15. The third-order valence-electron chi connectivity index (χ3n) is 5.46. The van der Waals surface area contributed by atoms with Crippen molar-refractivity contribution in [2.75, 3.05) is 25.0 Å². The average molecular weight is 402 g/mol. The smallest absolute Gasteiger partial charge is 0.251 e. The monoisotopic (exact) mass is 401 g/mol. The van der Waals surface area contributed by atoms with Crippen LogP contribution in [0, 0.1) is 0 Å². The number of anilines is 1. The number of benzene rings is 3. The molecular weight excluding hydrogens is 374 g/mol. The van der Waals surface area contributed by atoms with Crippen LogP contribution >= 0.6 is 0 Å². The molecule has 0 aromatic heterocycles. The van der Waals surface area contributed by atoms with Crippen LogP contribution in [0.25, 0.3) is 10.8 Å². The molecule has 154 valence electrons. The summed E-state index contributed by atoms with van der Waals surface area (Å²) >= 11 is 0. The van der Waals surface area contributed by atoms with Gasteiger partial charge in [-0.15, -0.1) is 0 Å². The summed E-state index contributed by atoms with van der Waals surface area (Å²) in [5.41, 5.74) is 2.61. The zero-order valence-corrected chi connectivity index (χ0v) is 17.1. The Kier molecular flexibility index (Phi) is 6.40. The van der Waals surface area contributed by atoms with Gasteiger partial charge in [0.2, 0.25) is 5.91 Å². The summed E-state index contributed by atoms with van der Waals surface area (Å²) in [7, 11) is 0. The summed E-state index contributed by atoms with van der Waals surface area (Å²) in [6.45, 7) is 3.51. The normalized spacial score (nSPS) is 14.0. The highest BCUT2D eigenvalue weighted by Gasteiger charge is 2.12. The molecule has 1 saturated heterocycles. The minimum atomic E-state index is -0.166. The fourth-order valence-electron chi connectivity index (χ4n) is 3.89. The molecule has 3 aromatic carbocycles. The van der Waals surface area contributed by atoms with Crippen molar-refractivity contribution in [3.8, 4) is 0 Å². The maximum atomic E-state index is 12.4. The van der Waals surface area contributed by atoms with Gasteiger partial charge in [-0.3, -0.25) is 14.5 Å². The van der Waals surface area contributed by atoms with Crippen molar-refractivity contribution in [3.63, 3.8) is 0 Å². The summed E-state index contributed by atoms with van der Waals surface area (Å²) in [4.78, 5) is 27.1. The molecule has 0 unspecified atom stereocenters. The fourth-order valence-corrected chi connectivity index (χ4v) is 3.89. The second kappa shape index (κ2) is 9.55. The Bertz CT molecular complexity index is 1040. The third kappa shape index (κ3) is 5.24. The minimum Gasteiger partial charge on any atom is -0.352 e.